The topological polar surface area (TPSA) is 110 Å². The molecule has 0 radical (unpaired) electrons. The van der Waals surface area contributed by atoms with Crippen molar-refractivity contribution in [2.24, 2.45) is 5.73 Å². The summed E-state index contributed by atoms with van der Waals surface area (Å²) in [7, 11) is -6.94. The molecule has 0 saturated carbocycles. The quantitative estimate of drug-likeness (QED) is 0.234. The predicted molar refractivity (Wildman–Crippen MR) is 130 cm³/mol. The number of hydrogen-bond donors (Lipinski definition) is 2. The van der Waals surface area contributed by atoms with Gasteiger partial charge in [0.25, 0.3) is 0 Å². The maximum absolute atomic E-state index is 11.6. The van der Waals surface area contributed by atoms with Crippen molar-refractivity contribution in [3.8, 4) is 0 Å². The van der Waals surface area contributed by atoms with Crippen molar-refractivity contribution < 1.29 is 31.4 Å². The van der Waals surface area contributed by atoms with Crippen LogP contribution in [-0.4, -0.2) is 72.2 Å². The van der Waals surface area contributed by atoms with E-state index in [1.807, 2.05) is 41.5 Å². The summed E-state index contributed by atoms with van der Waals surface area (Å²) < 4.78 is 35.6. The number of urea groups is 1. The lowest BCUT2D eigenvalue weighted by atomic mass is 10.6. The zero-order chi connectivity index (χ0) is 23.6. The minimum absolute atomic E-state index is 0.456. The van der Waals surface area contributed by atoms with Crippen LogP contribution < -0.4 is 10.7 Å². The van der Waals surface area contributed by atoms with Crippen LogP contribution in [0.3, 0.4) is 0 Å². The van der Waals surface area contributed by atoms with E-state index in [2.05, 4.69) is 4.98 Å². The van der Waals surface area contributed by atoms with E-state index in [1.54, 1.807) is 0 Å². The summed E-state index contributed by atoms with van der Waals surface area (Å²) in [6.45, 7) is 15.1. The number of hydrogen-bond acceptors (Lipinski definition) is 7. The second-order valence-corrected chi connectivity index (χ2v) is 15.3. The third-order valence-electron chi connectivity index (χ3n) is 4.60. The predicted octanol–water partition coefficient (Wildman–Crippen LogP) is 3.26. The molecule has 0 aromatic heterocycles. The molecule has 0 aliphatic heterocycles. The first-order valence-electron chi connectivity index (χ1n) is 11.8. The van der Waals surface area contributed by atoms with Gasteiger partial charge >= 0.3 is 23.6 Å². The van der Waals surface area contributed by atoms with Crippen LogP contribution in [0.15, 0.2) is 0 Å². The van der Waals surface area contributed by atoms with Gasteiger partial charge in [0.05, 0.1) is 0 Å². The molecule has 0 fully saturated rings. The zero-order valence-electron chi connectivity index (χ0n) is 20.5. The molecule has 0 aliphatic rings. The van der Waals surface area contributed by atoms with E-state index in [-0.39, 0.29) is 0 Å². The standard InChI is InChI=1S/C19H46N2O7Si3/c1-7-23-30(24-8-2,25-9-3)17-13-15-29(21-19(20)22)16-14-18-31(26-10-4,27-11-5)28-12-6/h29H,7-18H2,1-6H3,(H3,20,21,22). The molecular formula is C19H46N2O7Si3. The molecule has 9 nitrogen and oxygen atoms in total. The van der Waals surface area contributed by atoms with E-state index >= 15 is 0 Å². The van der Waals surface area contributed by atoms with Gasteiger partial charge in [-0.2, -0.15) is 0 Å². The lowest BCUT2D eigenvalue weighted by molar-refractivity contribution is 0.0705. The summed E-state index contributed by atoms with van der Waals surface area (Å²) in [6, 6.07) is 2.82. The van der Waals surface area contributed by atoms with Gasteiger partial charge in [0, 0.05) is 51.7 Å². The number of carbonyl (C=O) groups excluding carboxylic acids is 1. The molecule has 3 N–H and O–H groups in total. The van der Waals surface area contributed by atoms with Gasteiger partial charge in [0.15, 0.2) is 0 Å². The summed E-state index contributed by atoms with van der Waals surface area (Å²) in [5.74, 6) is 0. The highest BCUT2D eigenvalue weighted by Crippen LogP contribution is 2.23. The molecule has 0 atom stereocenters. The van der Waals surface area contributed by atoms with Crippen molar-refractivity contribution >= 4 is 32.6 Å². The van der Waals surface area contributed by atoms with Gasteiger partial charge in [-0.3, -0.25) is 4.79 Å². The minimum Gasteiger partial charge on any atom is -0.374 e. The Balaban J connectivity index is 4.93. The summed E-state index contributed by atoms with van der Waals surface area (Å²) >= 11 is 0. The van der Waals surface area contributed by atoms with Gasteiger partial charge in [-0.1, -0.05) is 0 Å². The maximum atomic E-state index is 11.6. The lowest BCUT2D eigenvalue weighted by Crippen LogP contribution is -2.47. The third-order valence-corrected chi connectivity index (χ3v) is 13.8. The molecule has 0 spiro atoms. The van der Waals surface area contributed by atoms with Crippen LogP contribution in [0.5, 0.6) is 0 Å². The lowest BCUT2D eigenvalue weighted by Gasteiger charge is -2.29. The van der Waals surface area contributed by atoms with Crippen molar-refractivity contribution in [2.45, 2.75) is 78.6 Å². The fourth-order valence-electron chi connectivity index (χ4n) is 3.62. The molecule has 0 aromatic carbocycles. The molecule has 31 heavy (non-hydrogen) atoms. The van der Waals surface area contributed by atoms with E-state index in [4.69, 9.17) is 32.3 Å². The van der Waals surface area contributed by atoms with Crippen molar-refractivity contribution in [2.75, 3.05) is 39.6 Å². The van der Waals surface area contributed by atoms with E-state index in [0.717, 1.165) is 37.0 Å². The first-order valence-corrected chi connectivity index (χ1v) is 17.8. The van der Waals surface area contributed by atoms with Crippen LogP contribution in [0.2, 0.25) is 24.2 Å². The Hall–Kier alpha value is -0.319. The van der Waals surface area contributed by atoms with Crippen LogP contribution in [0.1, 0.15) is 54.4 Å². The van der Waals surface area contributed by atoms with Gasteiger partial charge in [0.2, 0.25) is 0 Å². The summed E-state index contributed by atoms with van der Waals surface area (Å²) in [6.07, 6.45) is 1.74. The Bertz CT molecular complexity index is 398. The molecule has 0 bridgehead atoms. The van der Waals surface area contributed by atoms with Crippen LogP contribution in [-0.2, 0) is 26.6 Å². The highest BCUT2D eigenvalue weighted by atomic mass is 28.4. The molecule has 0 unspecified atom stereocenters. The molecule has 0 aromatic rings. The Labute approximate surface area is 193 Å². The zero-order valence-corrected chi connectivity index (χ0v) is 23.7. The van der Waals surface area contributed by atoms with Crippen molar-refractivity contribution in [3.05, 3.63) is 0 Å². The van der Waals surface area contributed by atoms with Gasteiger partial charge < -0.3 is 37.3 Å². The molecule has 186 valence electrons. The molecule has 0 aliphatic carbocycles. The average Bonchev–Trinajstić information content (AvgIpc) is 2.68. The molecule has 2 amide bonds. The van der Waals surface area contributed by atoms with Gasteiger partial charge in [-0.05, 0) is 66.5 Å². The number of rotatable bonds is 21. The van der Waals surface area contributed by atoms with Gasteiger partial charge in [-0.15, -0.1) is 0 Å². The molecular weight excluding hydrogens is 452 g/mol. The number of carbonyl (C=O) groups is 1. The Kier molecular flexibility index (Phi) is 18.0. The number of nitrogens with two attached hydrogens (primary N) is 1. The van der Waals surface area contributed by atoms with Gasteiger partial charge in [0.1, 0.15) is 8.96 Å². The highest BCUT2D eigenvalue weighted by molar-refractivity contribution is 6.62. The average molecular weight is 499 g/mol. The van der Waals surface area contributed by atoms with Crippen molar-refractivity contribution in [1.82, 2.24) is 4.98 Å². The first-order chi connectivity index (χ1) is 14.9. The van der Waals surface area contributed by atoms with E-state index in [9.17, 15) is 4.79 Å². The monoisotopic (exact) mass is 498 g/mol. The number of primary amides is 1. The summed E-state index contributed by atoms with van der Waals surface area (Å²) in [5.41, 5.74) is 5.45. The van der Waals surface area contributed by atoms with E-state index in [0.29, 0.717) is 39.6 Å². The van der Waals surface area contributed by atoms with E-state index in [1.165, 1.54) is 0 Å². The second-order valence-electron chi connectivity index (χ2n) is 6.95. The second kappa shape index (κ2) is 18.1. The van der Waals surface area contributed by atoms with Crippen LogP contribution in [0.25, 0.3) is 0 Å². The first kappa shape index (κ1) is 30.7. The van der Waals surface area contributed by atoms with Crippen molar-refractivity contribution in [1.29, 1.82) is 0 Å². The molecule has 0 saturated heterocycles. The molecule has 12 heteroatoms. The molecule has 0 heterocycles. The SMILES string of the molecule is CCO[Si](CCC[SiH](CCC[Si](OCC)(OCC)OCC)NC(N)=O)(OCC)OCC. The normalized spacial score (nSPS) is 12.5. The van der Waals surface area contributed by atoms with E-state index < -0.39 is 32.6 Å². The fraction of sp³-hybridized carbons (Fsp3) is 0.947. The van der Waals surface area contributed by atoms with Gasteiger partial charge in [-0.25, -0.2) is 0 Å². The fourth-order valence-corrected chi connectivity index (χ4v) is 12.1. The third kappa shape index (κ3) is 13.1. The van der Waals surface area contributed by atoms with Crippen LogP contribution in [0, 0.1) is 0 Å². The highest BCUT2D eigenvalue weighted by Gasteiger charge is 2.41. The largest absolute Gasteiger partial charge is 0.500 e. The Morgan fingerprint density at radius 3 is 1.19 bits per heavy atom. The summed E-state index contributed by atoms with van der Waals surface area (Å²) in [4.78, 5) is 14.6. The Morgan fingerprint density at radius 2 is 0.968 bits per heavy atom. The Morgan fingerprint density at radius 1 is 0.677 bits per heavy atom. The minimum atomic E-state index is -2.67. The summed E-state index contributed by atoms with van der Waals surface area (Å²) in [5, 5.41) is 0. The number of amides is 2. The molecule has 0 rings (SSSR count). The van der Waals surface area contributed by atoms with Crippen LogP contribution in [0.4, 0.5) is 4.79 Å². The van der Waals surface area contributed by atoms with Crippen LogP contribution >= 0.6 is 0 Å². The maximum Gasteiger partial charge on any atom is 0.500 e. The smallest absolute Gasteiger partial charge is 0.374 e. The van der Waals surface area contributed by atoms with Crippen molar-refractivity contribution in [3.63, 3.8) is 0 Å². The number of nitrogens with one attached hydrogen (secondary N) is 1.